The summed E-state index contributed by atoms with van der Waals surface area (Å²) >= 11 is 0. The number of nitrogens with zero attached hydrogens (tertiary/aromatic N) is 5. The molecule has 1 atom stereocenters. The number of hydrogen-bond donors (Lipinski definition) is 0. The molecular formula is C20H25N5. The second-order valence-electron chi connectivity index (χ2n) is 6.92. The van der Waals surface area contributed by atoms with Gasteiger partial charge in [-0.15, -0.1) is 0 Å². The smallest absolute Gasteiger partial charge is 0.128 e. The minimum absolute atomic E-state index is 0.524. The maximum Gasteiger partial charge on any atom is 0.128 e. The predicted molar refractivity (Wildman–Crippen MR) is 102 cm³/mol. The molecule has 3 heterocycles. The lowest BCUT2D eigenvalue weighted by atomic mass is 10.0. The van der Waals surface area contributed by atoms with Crippen molar-refractivity contribution in [1.82, 2.24) is 19.4 Å². The SMILES string of the molecule is CN(Cc1nc2ccccc2n1C)C1CCCN(c2ccccn2)C1. The largest absolute Gasteiger partial charge is 0.355 e. The van der Waals surface area contributed by atoms with Crippen molar-refractivity contribution in [2.24, 2.45) is 7.05 Å². The number of pyridine rings is 1. The first kappa shape index (κ1) is 16.1. The summed E-state index contributed by atoms with van der Waals surface area (Å²) < 4.78 is 2.21. The topological polar surface area (TPSA) is 37.2 Å². The Balaban J connectivity index is 1.48. The summed E-state index contributed by atoms with van der Waals surface area (Å²) in [4.78, 5) is 14.2. The van der Waals surface area contributed by atoms with E-state index in [9.17, 15) is 0 Å². The van der Waals surface area contributed by atoms with Gasteiger partial charge in [0.1, 0.15) is 11.6 Å². The van der Waals surface area contributed by atoms with E-state index in [1.54, 1.807) is 0 Å². The van der Waals surface area contributed by atoms with E-state index < -0.39 is 0 Å². The van der Waals surface area contributed by atoms with E-state index in [4.69, 9.17) is 4.98 Å². The molecule has 5 nitrogen and oxygen atoms in total. The second kappa shape index (κ2) is 6.84. The number of piperidine rings is 1. The quantitative estimate of drug-likeness (QED) is 0.734. The van der Waals surface area contributed by atoms with Gasteiger partial charge in [-0.3, -0.25) is 4.90 Å². The minimum atomic E-state index is 0.524. The number of hydrogen-bond acceptors (Lipinski definition) is 4. The zero-order valence-corrected chi connectivity index (χ0v) is 15.0. The maximum absolute atomic E-state index is 4.82. The summed E-state index contributed by atoms with van der Waals surface area (Å²) in [6.07, 6.45) is 4.31. The third kappa shape index (κ3) is 3.24. The van der Waals surface area contributed by atoms with Gasteiger partial charge in [0.15, 0.2) is 0 Å². The third-order valence-corrected chi connectivity index (χ3v) is 5.26. The van der Waals surface area contributed by atoms with Gasteiger partial charge < -0.3 is 9.47 Å². The number of imidazole rings is 1. The van der Waals surface area contributed by atoms with E-state index >= 15 is 0 Å². The summed E-state index contributed by atoms with van der Waals surface area (Å²) in [5.74, 6) is 2.21. The van der Waals surface area contributed by atoms with Gasteiger partial charge in [-0.1, -0.05) is 18.2 Å². The van der Waals surface area contributed by atoms with Gasteiger partial charge >= 0.3 is 0 Å². The Morgan fingerprint density at radius 2 is 2.00 bits per heavy atom. The molecule has 0 amide bonds. The van der Waals surface area contributed by atoms with Gasteiger partial charge in [0.2, 0.25) is 0 Å². The zero-order valence-electron chi connectivity index (χ0n) is 15.0. The fourth-order valence-electron chi connectivity index (χ4n) is 3.75. The molecule has 0 bridgehead atoms. The van der Waals surface area contributed by atoms with Crippen LogP contribution in [0.25, 0.3) is 11.0 Å². The monoisotopic (exact) mass is 335 g/mol. The lowest BCUT2D eigenvalue weighted by Crippen LogP contribution is -2.46. The van der Waals surface area contributed by atoms with Crippen molar-refractivity contribution in [1.29, 1.82) is 0 Å². The molecule has 5 heteroatoms. The van der Waals surface area contributed by atoms with Crippen molar-refractivity contribution in [3.63, 3.8) is 0 Å². The summed E-state index contributed by atoms with van der Waals surface area (Å²) in [5.41, 5.74) is 2.27. The predicted octanol–water partition coefficient (Wildman–Crippen LogP) is 3.07. The van der Waals surface area contributed by atoms with Crippen LogP contribution in [-0.4, -0.2) is 45.6 Å². The molecule has 4 rings (SSSR count). The molecule has 0 saturated carbocycles. The molecule has 25 heavy (non-hydrogen) atoms. The van der Waals surface area contributed by atoms with Crippen molar-refractivity contribution in [3.05, 3.63) is 54.5 Å². The van der Waals surface area contributed by atoms with E-state index in [2.05, 4.69) is 69.8 Å². The van der Waals surface area contributed by atoms with Crippen LogP contribution in [0, 0.1) is 0 Å². The third-order valence-electron chi connectivity index (χ3n) is 5.26. The van der Waals surface area contributed by atoms with E-state index in [0.717, 1.165) is 36.8 Å². The van der Waals surface area contributed by atoms with Crippen molar-refractivity contribution in [2.75, 3.05) is 25.0 Å². The average molecular weight is 335 g/mol. The van der Waals surface area contributed by atoms with Crippen LogP contribution in [0.4, 0.5) is 5.82 Å². The van der Waals surface area contributed by atoms with Crippen molar-refractivity contribution >= 4 is 16.9 Å². The van der Waals surface area contributed by atoms with Crippen molar-refractivity contribution < 1.29 is 0 Å². The molecule has 2 aromatic heterocycles. The van der Waals surface area contributed by atoms with Crippen LogP contribution in [0.1, 0.15) is 18.7 Å². The van der Waals surface area contributed by atoms with E-state index in [-0.39, 0.29) is 0 Å². The lowest BCUT2D eigenvalue weighted by molar-refractivity contribution is 0.201. The molecule has 0 aliphatic carbocycles. The lowest BCUT2D eigenvalue weighted by Gasteiger charge is -2.38. The first-order valence-electron chi connectivity index (χ1n) is 8.99. The second-order valence-corrected chi connectivity index (χ2v) is 6.92. The number of likely N-dealkylation sites (N-methyl/N-ethyl adjacent to an activating group) is 1. The van der Waals surface area contributed by atoms with Gasteiger partial charge in [-0.25, -0.2) is 9.97 Å². The molecule has 0 radical (unpaired) electrons. The van der Waals surface area contributed by atoms with Crippen LogP contribution < -0.4 is 4.90 Å². The highest BCUT2D eigenvalue weighted by molar-refractivity contribution is 5.75. The Hall–Kier alpha value is -2.40. The Morgan fingerprint density at radius 3 is 2.80 bits per heavy atom. The van der Waals surface area contributed by atoms with Crippen LogP contribution in [-0.2, 0) is 13.6 Å². The first-order chi connectivity index (χ1) is 12.2. The van der Waals surface area contributed by atoms with Gasteiger partial charge in [0.05, 0.1) is 17.6 Å². The number of aromatic nitrogens is 3. The normalized spacial score (nSPS) is 18.2. The van der Waals surface area contributed by atoms with Crippen LogP contribution in [0.5, 0.6) is 0 Å². The fraction of sp³-hybridized carbons (Fsp3) is 0.400. The molecule has 1 aliphatic rings. The molecule has 1 aromatic carbocycles. The van der Waals surface area contributed by atoms with Crippen molar-refractivity contribution in [3.8, 4) is 0 Å². The van der Waals surface area contributed by atoms with E-state index in [0.29, 0.717) is 6.04 Å². The Labute approximate surface area is 148 Å². The minimum Gasteiger partial charge on any atom is -0.355 e. The highest BCUT2D eigenvalue weighted by atomic mass is 15.3. The van der Waals surface area contributed by atoms with Crippen molar-refractivity contribution in [2.45, 2.75) is 25.4 Å². The molecule has 0 spiro atoms. The molecule has 1 unspecified atom stereocenters. The van der Waals surface area contributed by atoms with E-state index in [1.807, 2.05) is 12.3 Å². The first-order valence-corrected chi connectivity index (χ1v) is 8.99. The average Bonchev–Trinajstić information content (AvgIpc) is 2.98. The Kier molecular flexibility index (Phi) is 4.40. The van der Waals surface area contributed by atoms with Crippen LogP contribution in [0.2, 0.25) is 0 Å². The fourth-order valence-corrected chi connectivity index (χ4v) is 3.75. The highest BCUT2D eigenvalue weighted by Crippen LogP contribution is 2.22. The number of fused-ring (bicyclic) bond motifs is 1. The highest BCUT2D eigenvalue weighted by Gasteiger charge is 2.25. The van der Waals surface area contributed by atoms with Crippen LogP contribution >= 0.6 is 0 Å². The number of benzene rings is 1. The van der Waals surface area contributed by atoms with Gasteiger partial charge in [-0.05, 0) is 44.2 Å². The maximum atomic E-state index is 4.82. The summed E-state index contributed by atoms with van der Waals surface area (Å²) in [5, 5.41) is 0. The molecule has 0 N–H and O–H groups in total. The van der Waals surface area contributed by atoms with E-state index in [1.165, 1.54) is 18.4 Å². The number of anilines is 1. The standard InChI is InChI=1S/C20H25N5/c1-23(15-20-22-17-9-3-4-10-18(17)24(20)2)16-8-7-13-25(14-16)19-11-5-6-12-21-19/h3-6,9-12,16H,7-8,13-15H2,1-2H3. The molecule has 1 fully saturated rings. The van der Waals surface area contributed by atoms with Gasteiger partial charge in [0, 0.05) is 32.4 Å². The summed E-state index contributed by atoms with van der Waals surface area (Å²) in [7, 11) is 4.32. The molecule has 130 valence electrons. The molecule has 3 aromatic rings. The number of rotatable bonds is 4. The number of para-hydroxylation sites is 2. The van der Waals surface area contributed by atoms with Crippen LogP contribution in [0.15, 0.2) is 48.7 Å². The van der Waals surface area contributed by atoms with Gasteiger partial charge in [-0.2, -0.15) is 0 Å². The van der Waals surface area contributed by atoms with Gasteiger partial charge in [0.25, 0.3) is 0 Å². The molecule has 1 aliphatic heterocycles. The Morgan fingerprint density at radius 1 is 1.16 bits per heavy atom. The number of aryl methyl sites for hydroxylation is 1. The zero-order chi connectivity index (χ0) is 17.2. The summed E-state index contributed by atoms with van der Waals surface area (Å²) in [6.45, 7) is 2.98. The molecular weight excluding hydrogens is 310 g/mol. The Bertz CT molecular complexity index is 842. The van der Waals surface area contributed by atoms with Crippen LogP contribution in [0.3, 0.4) is 0 Å². The summed E-state index contributed by atoms with van der Waals surface area (Å²) in [6, 6.07) is 15.0. The molecule has 1 saturated heterocycles.